The average molecular weight is 533 g/mol. The second kappa shape index (κ2) is 11.3. The number of imide groups is 1. The fourth-order valence-electron chi connectivity index (χ4n) is 4.15. The zero-order valence-electron chi connectivity index (χ0n) is 21.1. The van der Waals surface area contributed by atoms with Gasteiger partial charge in [-0.2, -0.15) is 4.37 Å². The highest BCUT2D eigenvalue weighted by Crippen LogP contribution is 2.28. The molecule has 10 nitrogen and oxygen atoms in total. The van der Waals surface area contributed by atoms with Crippen LogP contribution in [0.5, 0.6) is 0 Å². The van der Waals surface area contributed by atoms with Gasteiger partial charge in [-0.3, -0.25) is 24.6 Å². The van der Waals surface area contributed by atoms with Crippen LogP contribution in [0.3, 0.4) is 0 Å². The Kier molecular flexibility index (Phi) is 7.87. The molecule has 196 valence electrons. The van der Waals surface area contributed by atoms with Crippen molar-refractivity contribution in [2.75, 3.05) is 36.5 Å². The van der Waals surface area contributed by atoms with E-state index < -0.39 is 4.92 Å². The standard InChI is InChI=1S/C20H23N3O2.C7H5N3O2S/c1-14-13-15(9-10-18(14)21)22(2)11-5-6-12-23-19(24)16-7-3-4-8-17(16)20(23)25;8-7-5-3-4(10(11)12)1-2-6(5)9-13-7/h3-4,7-10,13H,5-6,11-12,21H2,1-2H3;1-3H,8H2. The Labute approximate surface area is 223 Å². The smallest absolute Gasteiger partial charge is 0.270 e. The van der Waals surface area contributed by atoms with E-state index in [1.54, 1.807) is 30.3 Å². The molecular weight excluding hydrogens is 504 g/mol. The van der Waals surface area contributed by atoms with Gasteiger partial charge in [0.1, 0.15) is 5.00 Å². The maximum atomic E-state index is 12.3. The highest BCUT2D eigenvalue weighted by molar-refractivity contribution is 7.11. The lowest BCUT2D eigenvalue weighted by Crippen LogP contribution is -2.31. The number of nitrogen functional groups attached to an aromatic ring is 2. The number of fused-ring (bicyclic) bond motifs is 2. The van der Waals surface area contributed by atoms with Gasteiger partial charge < -0.3 is 16.4 Å². The number of hydrogen-bond acceptors (Lipinski definition) is 9. The summed E-state index contributed by atoms with van der Waals surface area (Å²) in [5.41, 5.74) is 16.2. The fourth-order valence-corrected chi connectivity index (χ4v) is 4.77. The topological polar surface area (TPSA) is 149 Å². The van der Waals surface area contributed by atoms with Crippen molar-refractivity contribution in [3.05, 3.63) is 87.5 Å². The minimum Gasteiger partial charge on any atom is -0.399 e. The van der Waals surface area contributed by atoms with E-state index in [2.05, 4.69) is 15.3 Å². The third-order valence-corrected chi connectivity index (χ3v) is 7.10. The van der Waals surface area contributed by atoms with E-state index in [-0.39, 0.29) is 17.5 Å². The average Bonchev–Trinajstić information content (AvgIpc) is 3.40. The molecule has 0 fully saturated rings. The molecule has 38 heavy (non-hydrogen) atoms. The summed E-state index contributed by atoms with van der Waals surface area (Å²) >= 11 is 1.14. The Morgan fingerprint density at radius 2 is 1.68 bits per heavy atom. The maximum Gasteiger partial charge on any atom is 0.270 e. The predicted octanol–water partition coefficient (Wildman–Crippen LogP) is 4.88. The molecular formula is C27H28N6O4S. The third-order valence-electron chi connectivity index (χ3n) is 6.40. The number of non-ortho nitro benzene ring substituents is 1. The van der Waals surface area contributed by atoms with Crippen LogP contribution in [-0.4, -0.2) is 46.1 Å². The molecule has 0 saturated carbocycles. The van der Waals surface area contributed by atoms with Crippen LogP contribution in [0.4, 0.5) is 22.1 Å². The van der Waals surface area contributed by atoms with E-state index in [0.717, 1.165) is 47.9 Å². The van der Waals surface area contributed by atoms with Crippen molar-refractivity contribution in [1.29, 1.82) is 0 Å². The van der Waals surface area contributed by atoms with E-state index >= 15 is 0 Å². The van der Waals surface area contributed by atoms with Gasteiger partial charge in [0, 0.05) is 49.0 Å². The Morgan fingerprint density at radius 1 is 1.00 bits per heavy atom. The number of anilines is 3. The first kappa shape index (κ1) is 26.6. The van der Waals surface area contributed by atoms with E-state index in [4.69, 9.17) is 11.5 Å². The number of nitrogens with zero attached hydrogens (tertiary/aromatic N) is 4. The van der Waals surface area contributed by atoms with Crippen molar-refractivity contribution in [2.45, 2.75) is 19.8 Å². The number of rotatable bonds is 7. The van der Waals surface area contributed by atoms with Crippen molar-refractivity contribution in [2.24, 2.45) is 0 Å². The van der Waals surface area contributed by atoms with E-state index in [1.807, 2.05) is 26.1 Å². The Morgan fingerprint density at radius 3 is 2.32 bits per heavy atom. The maximum absolute atomic E-state index is 12.3. The summed E-state index contributed by atoms with van der Waals surface area (Å²) in [5, 5.41) is 11.6. The summed E-state index contributed by atoms with van der Waals surface area (Å²) in [6, 6.07) is 17.5. The number of nitro benzene ring substituents is 1. The molecule has 1 aliphatic heterocycles. The van der Waals surface area contributed by atoms with Crippen molar-refractivity contribution in [3.63, 3.8) is 0 Å². The minimum absolute atomic E-state index is 0.0411. The van der Waals surface area contributed by atoms with Crippen LogP contribution in [0.2, 0.25) is 0 Å². The molecule has 1 aliphatic rings. The first-order chi connectivity index (χ1) is 18.2. The lowest BCUT2D eigenvalue weighted by Gasteiger charge is -2.21. The molecule has 0 spiro atoms. The van der Waals surface area contributed by atoms with Crippen molar-refractivity contribution in [1.82, 2.24) is 9.27 Å². The zero-order chi connectivity index (χ0) is 27.4. The molecule has 0 unspecified atom stereocenters. The Hall–Kier alpha value is -4.51. The summed E-state index contributed by atoms with van der Waals surface area (Å²) < 4.78 is 4.01. The SMILES string of the molecule is Cc1cc(N(C)CCCCN2C(=O)c3ccccc3C2=O)ccc1N.Nc1snc2ccc([N+](=O)[O-])cc12. The summed E-state index contributed by atoms with van der Waals surface area (Å²) in [6.45, 7) is 3.31. The molecule has 4 aromatic rings. The van der Waals surface area contributed by atoms with Crippen LogP contribution in [0.15, 0.2) is 60.7 Å². The van der Waals surface area contributed by atoms with Crippen LogP contribution in [0, 0.1) is 17.0 Å². The molecule has 2 heterocycles. The highest BCUT2D eigenvalue weighted by Gasteiger charge is 2.34. The number of carbonyl (C=O) groups is 2. The number of aromatic nitrogens is 1. The van der Waals surface area contributed by atoms with E-state index in [9.17, 15) is 19.7 Å². The van der Waals surface area contributed by atoms with Gasteiger partial charge >= 0.3 is 0 Å². The Bertz CT molecular complexity index is 1480. The van der Waals surface area contributed by atoms with Crippen LogP contribution in [0.25, 0.3) is 10.9 Å². The minimum atomic E-state index is -0.448. The molecule has 0 bridgehead atoms. The van der Waals surface area contributed by atoms with Gasteiger partial charge in [-0.25, -0.2) is 0 Å². The fraction of sp³-hybridized carbons (Fsp3) is 0.222. The van der Waals surface area contributed by atoms with Gasteiger partial charge in [0.25, 0.3) is 17.5 Å². The molecule has 11 heteroatoms. The molecule has 5 rings (SSSR count). The first-order valence-corrected chi connectivity index (χ1v) is 12.8. The molecule has 1 aromatic heterocycles. The van der Waals surface area contributed by atoms with Crippen LogP contribution in [-0.2, 0) is 0 Å². The number of nitro groups is 1. The number of amides is 2. The number of unbranched alkanes of at least 4 members (excludes halogenated alkanes) is 1. The molecule has 0 radical (unpaired) electrons. The lowest BCUT2D eigenvalue weighted by molar-refractivity contribution is -0.384. The first-order valence-electron chi connectivity index (χ1n) is 12.0. The number of carbonyl (C=O) groups excluding carboxylic acids is 2. The molecule has 0 aliphatic carbocycles. The van der Waals surface area contributed by atoms with Gasteiger partial charge in [0.05, 0.1) is 21.6 Å². The number of benzene rings is 3. The second-order valence-corrected chi connectivity index (χ2v) is 9.79. The van der Waals surface area contributed by atoms with Crippen molar-refractivity contribution >= 4 is 56.3 Å². The molecule has 3 aromatic carbocycles. The van der Waals surface area contributed by atoms with Crippen LogP contribution < -0.4 is 16.4 Å². The molecule has 0 saturated heterocycles. The van der Waals surface area contributed by atoms with Gasteiger partial charge in [0.15, 0.2) is 0 Å². The van der Waals surface area contributed by atoms with Crippen LogP contribution >= 0.6 is 11.5 Å². The zero-order valence-corrected chi connectivity index (χ0v) is 21.9. The van der Waals surface area contributed by atoms with Gasteiger partial charge in [-0.15, -0.1) is 0 Å². The predicted molar refractivity (Wildman–Crippen MR) is 151 cm³/mol. The quantitative estimate of drug-likeness (QED) is 0.112. The van der Waals surface area contributed by atoms with Crippen molar-refractivity contribution in [3.8, 4) is 0 Å². The number of nitrogens with two attached hydrogens (primary N) is 2. The molecule has 2 amide bonds. The highest BCUT2D eigenvalue weighted by atomic mass is 32.1. The normalized spacial score (nSPS) is 12.3. The monoisotopic (exact) mass is 532 g/mol. The van der Waals surface area contributed by atoms with Crippen LogP contribution in [0.1, 0.15) is 39.1 Å². The molecule has 0 atom stereocenters. The summed E-state index contributed by atoms with van der Waals surface area (Å²) in [6.07, 6.45) is 1.68. The summed E-state index contributed by atoms with van der Waals surface area (Å²) in [7, 11) is 2.03. The summed E-state index contributed by atoms with van der Waals surface area (Å²) in [5.74, 6) is -0.355. The lowest BCUT2D eigenvalue weighted by atomic mass is 10.1. The van der Waals surface area contributed by atoms with Crippen molar-refractivity contribution < 1.29 is 14.5 Å². The van der Waals surface area contributed by atoms with Gasteiger partial charge in [-0.1, -0.05) is 12.1 Å². The van der Waals surface area contributed by atoms with Gasteiger partial charge in [0.2, 0.25) is 0 Å². The largest absolute Gasteiger partial charge is 0.399 e. The van der Waals surface area contributed by atoms with E-state index in [0.29, 0.717) is 33.6 Å². The number of aryl methyl sites for hydroxylation is 1. The number of hydrogen-bond donors (Lipinski definition) is 2. The Balaban J connectivity index is 0.000000216. The van der Waals surface area contributed by atoms with E-state index in [1.165, 1.54) is 17.0 Å². The molecule has 4 N–H and O–H groups in total. The summed E-state index contributed by atoms with van der Waals surface area (Å²) in [4.78, 5) is 38.1. The second-order valence-electron chi connectivity index (χ2n) is 8.98. The van der Waals surface area contributed by atoms with Gasteiger partial charge in [-0.05, 0) is 73.3 Å². The third kappa shape index (κ3) is 5.57.